The Hall–Kier alpha value is -7.42. The monoisotopic (exact) mass is 715 g/mol. The topological polar surface area (TPSA) is 12.5 Å². The summed E-state index contributed by atoms with van der Waals surface area (Å²) in [4.78, 5) is 2.33. The van der Waals surface area contributed by atoms with Crippen LogP contribution in [0.3, 0.4) is 0 Å². The molecular weight excluding hydrogens is 679 g/mol. The summed E-state index contributed by atoms with van der Waals surface area (Å²) in [7, 11) is 0. The van der Waals surface area contributed by atoms with Crippen LogP contribution in [0.25, 0.3) is 66.8 Å². The summed E-state index contributed by atoms with van der Waals surface area (Å²) in [6.07, 6.45) is 0. The van der Waals surface area contributed by atoms with Crippen molar-refractivity contribution in [2.45, 2.75) is 0 Å². The Kier molecular flexibility index (Phi) is 8.55. The molecule has 9 aromatic carbocycles. The van der Waals surface area contributed by atoms with Crippen molar-refractivity contribution in [3.63, 3.8) is 0 Å². The van der Waals surface area contributed by atoms with Crippen LogP contribution in [0, 0.1) is 0 Å². The Morgan fingerprint density at radius 2 is 0.714 bits per heavy atom. The number of hydrogen-bond donors (Lipinski definition) is 0. The standard InChI is InChI=1S/C54H37NO/c1-5-16-38(17-6-1)40-30-32-44(33-31-40)55(45-25-13-24-43(36-45)39-18-7-2-8-19-39)46-34-35-49-52(37-46)56-51-29-15-27-48(42-22-11-4-12-23-42)54(51)50-28-14-26-47(53(49)50)41-20-9-3-10-21-41/h1-37H. The van der Waals surface area contributed by atoms with Gasteiger partial charge in [-0.25, -0.2) is 0 Å². The van der Waals surface area contributed by atoms with Crippen molar-refractivity contribution in [3.05, 3.63) is 224 Å². The van der Waals surface area contributed by atoms with Crippen molar-refractivity contribution in [1.29, 1.82) is 0 Å². The second-order valence-corrected chi connectivity index (χ2v) is 14.1. The lowest BCUT2D eigenvalue weighted by molar-refractivity contribution is 0.488. The maximum absolute atomic E-state index is 7.14. The predicted molar refractivity (Wildman–Crippen MR) is 234 cm³/mol. The van der Waals surface area contributed by atoms with Crippen molar-refractivity contribution in [2.75, 3.05) is 4.90 Å². The number of ether oxygens (including phenoxy) is 1. The van der Waals surface area contributed by atoms with E-state index in [1.54, 1.807) is 0 Å². The second-order valence-electron chi connectivity index (χ2n) is 14.1. The highest BCUT2D eigenvalue weighted by atomic mass is 16.5. The summed E-state index contributed by atoms with van der Waals surface area (Å²) in [5, 5.41) is 0. The molecule has 56 heavy (non-hydrogen) atoms. The average Bonchev–Trinajstić information content (AvgIpc) is 3.42. The summed E-state index contributed by atoms with van der Waals surface area (Å²) in [5.74, 6) is 1.64. The molecule has 0 aliphatic carbocycles. The minimum atomic E-state index is 0.807. The van der Waals surface area contributed by atoms with E-state index in [1.807, 2.05) is 0 Å². The van der Waals surface area contributed by atoms with Gasteiger partial charge in [-0.1, -0.05) is 176 Å². The quantitative estimate of drug-likeness (QED) is 0.163. The van der Waals surface area contributed by atoms with Crippen LogP contribution in [0.15, 0.2) is 224 Å². The highest BCUT2D eigenvalue weighted by Gasteiger charge is 2.27. The van der Waals surface area contributed by atoms with Crippen LogP contribution in [0.4, 0.5) is 17.1 Å². The van der Waals surface area contributed by atoms with E-state index in [1.165, 1.54) is 22.3 Å². The number of nitrogens with zero attached hydrogens (tertiary/aromatic N) is 1. The lowest BCUT2D eigenvalue weighted by Gasteiger charge is -2.27. The predicted octanol–water partition coefficient (Wildman–Crippen LogP) is 15.3. The van der Waals surface area contributed by atoms with Gasteiger partial charge in [0.15, 0.2) is 0 Å². The Labute approximate surface area is 328 Å². The molecule has 0 bridgehead atoms. The van der Waals surface area contributed by atoms with Crippen LogP contribution in [-0.4, -0.2) is 0 Å². The number of benzene rings is 9. The average molecular weight is 716 g/mol. The van der Waals surface area contributed by atoms with Crippen LogP contribution >= 0.6 is 0 Å². The zero-order valence-corrected chi connectivity index (χ0v) is 30.7. The molecule has 0 spiro atoms. The second kappa shape index (κ2) is 14.4. The van der Waals surface area contributed by atoms with E-state index in [0.29, 0.717) is 0 Å². The van der Waals surface area contributed by atoms with E-state index in [4.69, 9.17) is 4.74 Å². The van der Waals surface area contributed by atoms with E-state index in [0.717, 1.165) is 73.1 Å². The molecule has 0 saturated heterocycles. The summed E-state index contributed by atoms with van der Waals surface area (Å²) in [5.41, 5.74) is 16.9. The highest BCUT2D eigenvalue weighted by molar-refractivity contribution is 6.03. The summed E-state index contributed by atoms with van der Waals surface area (Å²) < 4.78 is 7.14. The largest absolute Gasteiger partial charge is 0.456 e. The SMILES string of the molecule is c1ccc(-c2ccc(N(c3cccc(-c4ccccc4)c3)c3ccc4c(c3)Oc3cccc(-c5ccccc5)c3-c3cccc(-c5ccccc5)c3-4)cc2)cc1. The van der Waals surface area contributed by atoms with Gasteiger partial charge in [-0.15, -0.1) is 0 Å². The molecule has 0 radical (unpaired) electrons. The molecule has 0 amide bonds. The summed E-state index contributed by atoms with van der Waals surface area (Å²) in [6.45, 7) is 0. The molecular formula is C54H37NO. The fourth-order valence-electron chi connectivity index (χ4n) is 8.06. The molecule has 0 atom stereocenters. The van der Waals surface area contributed by atoms with Crippen LogP contribution in [0.2, 0.25) is 0 Å². The molecule has 1 heterocycles. The maximum Gasteiger partial charge on any atom is 0.137 e. The fourth-order valence-corrected chi connectivity index (χ4v) is 8.06. The third-order valence-electron chi connectivity index (χ3n) is 10.7. The Morgan fingerprint density at radius 1 is 0.250 bits per heavy atom. The first-order valence-corrected chi connectivity index (χ1v) is 19.1. The smallest absolute Gasteiger partial charge is 0.137 e. The first-order chi connectivity index (χ1) is 27.8. The third kappa shape index (κ3) is 6.14. The molecule has 9 aromatic rings. The Balaban J connectivity index is 1.18. The van der Waals surface area contributed by atoms with E-state index in [2.05, 4.69) is 229 Å². The Morgan fingerprint density at radius 3 is 1.36 bits per heavy atom. The van der Waals surface area contributed by atoms with Gasteiger partial charge >= 0.3 is 0 Å². The fraction of sp³-hybridized carbons (Fsp3) is 0. The Bertz CT molecular complexity index is 2800. The first kappa shape index (κ1) is 33.2. The molecule has 0 unspecified atom stereocenters. The van der Waals surface area contributed by atoms with Gasteiger partial charge in [0.05, 0.1) is 0 Å². The van der Waals surface area contributed by atoms with Crippen molar-refractivity contribution in [2.24, 2.45) is 0 Å². The van der Waals surface area contributed by atoms with Gasteiger partial charge in [0.1, 0.15) is 11.5 Å². The maximum atomic E-state index is 7.14. The molecule has 0 fully saturated rings. The molecule has 0 aromatic heterocycles. The summed E-state index contributed by atoms with van der Waals surface area (Å²) >= 11 is 0. The highest BCUT2D eigenvalue weighted by Crippen LogP contribution is 2.54. The minimum absolute atomic E-state index is 0.807. The lowest BCUT2D eigenvalue weighted by Crippen LogP contribution is -2.10. The van der Waals surface area contributed by atoms with Gasteiger partial charge in [0.2, 0.25) is 0 Å². The van der Waals surface area contributed by atoms with Crippen LogP contribution in [0.1, 0.15) is 0 Å². The van der Waals surface area contributed by atoms with E-state index < -0.39 is 0 Å². The number of hydrogen-bond acceptors (Lipinski definition) is 2. The van der Waals surface area contributed by atoms with Crippen molar-refractivity contribution in [1.82, 2.24) is 0 Å². The van der Waals surface area contributed by atoms with E-state index in [9.17, 15) is 0 Å². The van der Waals surface area contributed by atoms with E-state index >= 15 is 0 Å². The third-order valence-corrected chi connectivity index (χ3v) is 10.7. The zero-order valence-electron chi connectivity index (χ0n) is 30.7. The number of rotatable bonds is 7. The number of anilines is 3. The molecule has 264 valence electrons. The van der Waals surface area contributed by atoms with Crippen molar-refractivity contribution in [3.8, 4) is 78.3 Å². The van der Waals surface area contributed by atoms with Gasteiger partial charge < -0.3 is 9.64 Å². The molecule has 2 heteroatoms. The molecule has 2 nitrogen and oxygen atoms in total. The van der Waals surface area contributed by atoms with Crippen molar-refractivity contribution >= 4 is 17.1 Å². The normalized spacial score (nSPS) is 11.4. The van der Waals surface area contributed by atoms with Gasteiger partial charge in [-0.3, -0.25) is 0 Å². The van der Waals surface area contributed by atoms with Crippen molar-refractivity contribution < 1.29 is 4.74 Å². The zero-order chi connectivity index (χ0) is 37.3. The van der Waals surface area contributed by atoms with E-state index in [-0.39, 0.29) is 0 Å². The minimum Gasteiger partial charge on any atom is -0.456 e. The molecule has 0 saturated carbocycles. The first-order valence-electron chi connectivity index (χ1n) is 19.1. The molecule has 0 N–H and O–H groups in total. The molecule has 1 aliphatic rings. The number of fused-ring (bicyclic) bond motifs is 5. The summed E-state index contributed by atoms with van der Waals surface area (Å²) in [6, 6.07) is 79.8. The van der Waals surface area contributed by atoms with Crippen LogP contribution < -0.4 is 9.64 Å². The van der Waals surface area contributed by atoms with Gasteiger partial charge in [0, 0.05) is 39.8 Å². The molecule has 10 rings (SSSR count). The van der Waals surface area contributed by atoms with Gasteiger partial charge in [-0.05, 0) is 92.5 Å². The van der Waals surface area contributed by atoms with Gasteiger partial charge in [0.25, 0.3) is 0 Å². The van der Waals surface area contributed by atoms with Gasteiger partial charge in [-0.2, -0.15) is 0 Å². The van der Waals surface area contributed by atoms with Crippen LogP contribution in [0.5, 0.6) is 11.5 Å². The lowest BCUT2D eigenvalue weighted by atomic mass is 9.85. The molecule has 1 aliphatic heterocycles. The van der Waals surface area contributed by atoms with Crippen LogP contribution in [-0.2, 0) is 0 Å².